The molecule has 1 unspecified atom stereocenters. The van der Waals surface area contributed by atoms with Gasteiger partial charge in [-0.2, -0.15) is 0 Å². The third-order valence-corrected chi connectivity index (χ3v) is 3.10. The summed E-state index contributed by atoms with van der Waals surface area (Å²) < 4.78 is 14.7. The molecule has 116 valence electrons. The summed E-state index contributed by atoms with van der Waals surface area (Å²) in [6.45, 7) is 1.49. The molecule has 0 radical (unpaired) electrons. The molecule has 1 amide bonds. The Balaban J connectivity index is 2.44. The summed E-state index contributed by atoms with van der Waals surface area (Å²) in [6.07, 6.45) is 0. The summed E-state index contributed by atoms with van der Waals surface area (Å²) in [4.78, 5) is 35.2. The van der Waals surface area contributed by atoms with Crippen LogP contribution in [0.15, 0.2) is 33.5 Å². The molecule has 0 spiro atoms. The van der Waals surface area contributed by atoms with Crippen LogP contribution in [0.1, 0.15) is 17.3 Å². The summed E-state index contributed by atoms with van der Waals surface area (Å²) in [6, 6.07) is 5.00. The molecule has 0 aliphatic heterocycles. The zero-order valence-corrected chi connectivity index (χ0v) is 12.3. The van der Waals surface area contributed by atoms with Gasteiger partial charge in [-0.05, 0) is 19.1 Å². The number of hydrogen-bond donors (Lipinski definition) is 1. The molecule has 2 aromatic rings. The minimum Gasteiger partial charge on any atom is -0.497 e. The standard InChI is InChI=1S/C15H15NO6/c1-8(15(19)21-3)16-14(18)11-7-13(17)22-12-6-9(20-2)4-5-10(11)12/h4-8H,1-3H3,(H,16,18). The Bertz CT molecular complexity index is 779. The summed E-state index contributed by atoms with van der Waals surface area (Å²) in [5, 5.41) is 2.91. The van der Waals surface area contributed by atoms with Gasteiger partial charge in [0.25, 0.3) is 5.91 Å². The molecule has 1 aromatic carbocycles. The van der Waals surface area contributed by atoms with Crippen LogP contribution in [0.3, 0.4) is 0 Å². The van der Waals surface area contributed by atoms with Crippen molar-refractivity contribution in [2.24, 2.45) is 0 Å². The zero-order chi connectivity index (χ0) is 16.3. The van der Waals surface area contributed by atoms with E-state index in [4.69, 9.17) is 9.15 Å². The Morgan fingerprint density at radius 1 is 1.23 bits per heavy atom. The van der Waals surface area contributed by atoms with Crippen LogP contribution < -0.4 is 15.7 Å². The number of carbonyl (C=O) groups excluding carboxylic acids is 2. The predicted octanol–water partition coefficient (Wildman–Crippen LogP) is 1.09. The Labute approximate surface area is 125 Å². The van der Waals surface area contributed by atoms with Gasteiger partial charge in [-0.25, -0.2) is 9.59 Å². The first kappa shape index (κ1) is 15.6. The molecule has 1 N–H and O–H groups in total. The van der Waals surface area contributed by atoms with Crippen molar-refractivity contribution in [3.8, 4) is 5.75 Å². The summed E-state index contributed by atoms with van der Waals surface area (Å²) in [7, 11) is 2.71. The van der Waals surface area contributed by atoms with Gasteiger partial charge in [0, 0.05) is 17.5 Å². The van der Waals surface area contributed by atoms with E-state index in [2.05, 4.69) is 10.1 Å². The number of nitrogens with one attached hydrogen (secondary N) is 1. The van der Waals surface area contributed by atoms with Crippen LogP contribution in [0, 0.1) is 0 Å². The molecular weight excluding hydrogens is 290 g/mol. The molecule has 22 heavy (non-hydrogen) atoms. The molecule has 2 rings (SSSR count). The monoisotopic (exact) mass is 305 g/mol. The van der Waals surface area contributed by atoms with Crippen LogP contribution in [0.2, 0.25) is 0 Å². The van der Waals surface area contributed by atoms with Crippen molar-refractivity contribution < 1.29 is 23.5 Å². The molecule has 0 saturated heterocycles. The number of rotatable bonds is 4. The molecule has 0 bridgehead atoms. The highest BCUT2D eigenvalue weighted by Crippen LogP contribution is 2.22. The molecule has 1 heterocycles. The van der Waals surface area contributed by atoms with E-state index in [1.165, 1.54) is 27.2 Å². The number of carbonyl (C=O) groups is 2. The molecular formula is C15H15NO6. The van der Waals surface area contributed by atoms with Crippen LogP contribution in [0.4, 0.5) is 0 Å². The van der Waals surface area contributed by atoms with Gasteiger partial charge >= 0.3 is 11.6 Å². The fourth-order valence-electron chi connectivity index (χ4n) is 1.97. The highest BCUT2D eigenvalue weighted by Gasteiger charge is 2.19. The maximum Gasteiger partial charge on any atom is 0.337 e. The van der Waals surface area contributed by atoms with Crippen molar-refractivity contribution in [1.29, 1.82) is 0 Å². The van der Waals surface area contributed by atoms with Crippen molar-refractivity contribution >= 4 is 22.8 Å². The van der Waals surface area contributed by atoms with E-state index in [9.17, 15) is 14.4 Å². The average Bonchev–Trinajstić information content (AvgIpc) is 2.52. The molecule has 0 saturated carbocycles. The average molecular weight is 305 g/mol. The van der Waals surface area contributed by atoms with E-state index in [1.807, 2.05) is 0 Å². The van der Waals surface area contributed by atoms with Gasteiger partial charge in [-0.3, -0.25) is 4.79 Å². The lowest BCUT2D eigenvalue weighted by molar-refractivity contribution is -0.142. The Morgan fingerprint density at radius 3 is 2.59 bits per heavy atom. The van der Waals surface area contributed by atoms with Crippen molar-refractivity contribution in [2.45, 2.75) is 13.0 Å². The van der Waals surface area contributed by atoms with Crippen LogP contribution >= 0.6 is 0 Å². The first-order valence-corrected chi connectivity index (χ1v) is 6.47. The third-order valence-electron chi connectivity index (χ3n) is 3.10. The van der Waals surface area contributed by atoms with E-state index in [1.54, 1.807) is 12.1 Å². The summed E-state index contributed by atoms with van der Waals surface area (Å²) in [5.41, 5.74) is -0.330. The molecule has 0 fully saturated rings. The van der Waals surface area contributed by atoms with Crippen molar-refractivity contribution in [1.82, 2.24) is 5.32 Å². The Kier molecular flexibility index (Phi) is 4.45. The highest BCUT2D eigenvalue weighted by atomic mass is 16.5. The number of benzene rings is 1. The fraction of sp³-hybridized carbons (Fsp3) is 0.267. The maximum absolute atomic E-state index is 12.3. The topological polar surface area (TPSA) is 94.8 Å². The van der Waals surface area contributed by atoms with Crippen molar-refractivity contribution in [3.63, 3.8) is 0 Å². The van der Waals surface area contributed by atoms with Gasteiger partial charge in [-0.15, -0.1) is 0 Å². The smallest absolute Gasteiger partial charge is 0.337 e. The van der Waals surface area contributed by atoms with Crippen LogP contribution in [-0.2, 0) is 9.53 Å². The molecule has 0 aliphatic rings. The van der Waals surface area contributed by atoms with E-state index >= 15 is 0 Å². The maximum atomic E-state index is 12.3. The lowest BCUT2D eigenvalue weighted by atomic mass is 10.1. The second-order valence-electron chi connectivity index (χ2n) is 4.56. The van der Waals surface area contributed by atoms with Crippen LogP contribution in [-0.4, -0.2) is 32.1 Å². The van der Waals surface area contributed by atoms with E-state index < -0.39 is 23.5 Å². The van der Waals surface area contributed by atoms with Gasteiger partial charge in [-0.1, -0.05) is 0 Å². The zero-order valence-electron chi connectivity index (χ0n) is 12.3. The first-order chi connectivity index (χ1) is 10.5. The molecule has 7 heteroatoms. The Hall–Kier alpha value is -2.83. The second-order valence-corrected chi connectivity index (χ2v) is 4.56. The largest absolute Gasteiger partial charge is 0.497 e. The van der Waals surface area contributed by atoms with Crippen molar-refractivity contribution in [3.05, 3.63) is 40.2 Å². The normalized spacial score (nSPS) is 11.8. The minimum atomic E-state index is -0.835. The number of ether oxygens (including phenoxy) is 2. The number of amides is 1. The van der Waals surface area contributed by atoms with Gasteiger partial charge < -0.3 is 19.2 Å². The predicted molar refractivity (Wildman–Crippen MR) is 78.0 cm³/mol. The molecule has 0 aliphatic carbocycles. The van der Waals surface area contributed by atoms with Crippen molar-refractivity contribution in [2.75, 3.05) is 14.2 Å². The number of fused-ring (bicyclic) bond motifs is 1. The lowest BCUT2D eigenvalue weighted by Crippen LogP contribution is -2.39. The minimum absolute atomic E-state index is 0.115. The van der Waals surface area contributed by atoms with E-state index in [0.717, 1.165) is 6.07 Å². The quantitative estimate of drug-likeness (QED) is 0.671. The lowest BCUT2D eigenvalue weighted by Gasteiger charge is -2.12. The van der Waals surface area contributed by atoms with Crippen LogP contribution in [0.25, 0.3) is 11.0 Å². The SMILES string of the molecule is COC(=O)C(C)NC(=O)c1cc(=O)oc2cc(OC)ccc12. The fourth-order valence-corrected chi connectivity index (χ4v) is 1.97. The van der Waals surface area contributed by atoms with Gasteiger partial charge in [0.1, 0.15) is 17.4 Å². The number of hydrogen-bond acceptors (Lipinski definition) is 6. The summed E-state index contributed by atoms with van der Waals surface area (Å²) in [5.74, 6) is -0.653. The summed E-state index contributed by atoms with van der Waals surface area (Å²) >= 11 is 0. The Morgan fingerprint density at radius 2 is 1.95 bits per heavy atom. The van der Waals surface area contributed by atoms with E-state index in [-0.39, 0.29) is 11.1 Å². The second kappa shape index (κ2) is 6.30. The highest BCUT2D eigenvalue weighted by molar-refractivity contribution is 6.06. The first-order valence-electron chi connectivity index (χ1n) is 6.47. The number of esters is 1. The van der Waals surface area contributed by atoms with Gasteiger partial charge in [0.2, 0.25) is 0 Å². The van der Waals surface area contributed by atoms with E-state index in [0.29, 0.717) is 11.1 Å². The molecule has 1 atom stereocenters. The molecule has 7 nitrogen and oxygen atoms in total. The van der Waals surface area contributed by atoms with Gasteiger partial charge in [0.15, 0.2) is 0 Å². The third kappa shape index (κ3) is 3.08. The molecule has 1 aromatic heterocycles. The number of methoxy groups -OCH3 is 2. The van der Waals surface area contributed by atoms with Crippen LogP contribution in [0.5, 0.6) is 5.75 Å². The van der Waals surface area contributed by atoms with Gasteiger partial charge in [0.05, 0.1) is 19.8 Å².